The molecule has 1 aliphatic carbocycles. The fourth-order valence-electron chi connectivity index (χ4n) is 3.19. The SMILES string of the molecule is O=C1OC2C=CC([N+](=O)[O-])=CC2C=C1S(=O)(=O)c1cc2cc([N+](=O)[O-])ccc2oc1=O. The number of sulfone groups is 1. The van der Waals surface area contributed by atoms with E-state index in [9.17, 15) is 38.2 Å². The van der Waals surface area contributed by atoms with Gasteiger partial charge in [-0.2, -0.15) is 0 Å². The summed E-state index contributed by atoms with van der Waals surface area (Å²) in [5.41, 5.74) is -2.06. The standard InChI is InChI=1S/C18H10N2O10S/c21-17-15(7-9-5-11(19(23)24)1-3-13(9)29-17)31(27,28)16-8-10-6-12(20(25)26)2-4-14(10)30-18(16)22/h1-9,13H. The monoisotopic (exact) mass is 446 g/mol. The van der Waals surface area contributed by atoms with Crippen LogP contribution in [0, 0.1) is 26.1 Å². The van der Waals surface area contributed by atoms with Crippen molar-refractivity contribution in [1.82, 2.24) is 0 Å². The van der Waals surface area contributed by atoms with Gasteiger partial charge < -0.3 is 9.15 Å². The van der Waals surface area contributed by atoms with Gasteiger partial charge in [-0.15, -0.1) is 0 Å². The Bertz CT molecular complexity index is 1430. The zero-order valence-electron chi connectivity index (χ0n) is 15.2. The molecule has 1 aliphatic heterocycles. The van der Waals surface area contributed by atoms with Gasteiger partial charge in [0.25, 0.3) is 11.4 Å². The Balaban J connectivity index is 1.85. The number of allylic oxidation sites excluding steroid dienone is 1. The smallest absolute Gasteiger partial charge is 0.355 e. The summed E-state index contributed by atoms with van der Waals surface area (Å²) in [7, 11) is -4.77. The molecular weight excluding hydrogens is 436 g/mol. The minimum Gasteiger partial charge on any atom is -0.453 e. The highest BCUT2D eigenvalue weighted by Gasteiger charge is 2.40. The molecule has 1 aromatic heterocycles. The normalized spacial score (nSPS) is 20.5. The number of carbonyl (C=O) groups is 1. The first kappa shape index (κ1) is 20.2. The molecule has 0 radical (unpaired) electrons. The van der Waals surface area contributed by atoms with Gasteiger partial charge in [0.05, 0.1) is 9.85 Å². The Hall–Kier alpha value is -4.13. The fraction of sp³-hybridized carbons (Fsp3) is 0.111. The van der Waals surface area contributed by atoms with Crippen molar-refractivity contribution in [2.24, 2.45) is 5.92 Å². The molecule has 13 heteroatoms. The molecule has 2 unspecified atom stereocenters. The molecule has 31 heavy (non-hydrogen) atoms. The second kappa shape index (κ2) is 6.98. The predicted molar refractivity (Wildman–Crippen MR) is 102 cm³/mol. The quantitative estimate of drug-likeness (QED) is 0.290. The second-order valence-electron chi connectivity index (χ2n) is 6.57. The molecule has 2 atom stereocenters. The molecule has 158 valence electrons. The number of esters is 1. The predicted octanol–water partition coefficient (Wildman–Crippen LogP) is 1.63. The molecule has 2 aromatic rings. The van der Waals surface area contributed by atoms with Crippen LogP contribution in [0.3, 0.4) is 0 Å². The van der Waals surface area contributed by atoms with Crippen LogP contribution in [0.5, 0.6) is 0 Å². The van der Waals surface area contributed by atoms with Crippen LogP contribution in [0.2, 0.25) is 0 Å². The maximum absolute atomic E-state index is 13.0. The van der Waals surface area contributed by atoms with Crippen LogP contribution in [-0.2, 0) is 19.4 Å². The van der Waals surface area contributed by atoms with Crippen molar-refractivity contribution < 1.29 is 32.2 Å². The molecule has 0 spiro atoms. The molecule has 0 fully saturated rings. The van der Waals surface area contributed by atoms with E-state index in [1.165, 1.54) is 6.08 Å². The van der Waals surface area contributed by atoms with Crippen molar-refractivity contribution in [2.75, 3.05) is 0 Å². The Morgan fingerprint density at radius 2 is 1.74 bits per heavy atom. The highest BCUT2D eigenvalue weighted by Crippen LogP contribution is 2.32. The summed E-state index contributed by atoms with van der Waals surface area (Å²) < 4.78 is 36.1. The van der Waals surface area contributed by atoms with Crippen LogP contribution < -0.4 is 5.63 Å². The van der Waals surface area contributed by atoms with Gasteiger partial charge in [-0.05, 0) is 24.3 Å². The van der Waals surface area contributed by atoms with E-state index in [1.54, 1.807) is 0 Å². The van der Waals surface area contributed by atoms with Crippen molar-refractivity contribution >= 4 is 32.5 Å². The van der Waals surface area contributed by atoms with E-state index in [0.717, 1.165) is 42.5 Å². The van der Waals surface area contributed by atoms with Gasteiger partial charge in [-0.25, -0.2) is 18.0 Å². The van der Waals surface area contributed by atoms with Gasteiger partial charge in [0.15, 0.2) is 9.80 Å². The van der Waals surface area contributed by atoms with Crippen LogP contribution in [0.25, 0.3) is 11.0 Å². The molecular formula is C18H10N2O10S. The van der Waals surface area contributed by atoms with Crippen LogP contribution in [0.1, 0.15) is 0 Å². The number of hydrogen-bond acceptors (Lipinski definition) is 10. The van der Waals surface area contributed by atoms with Crippen LogP contribution in [-0.4, -0.2) is 30.3 Å². The highest BCUT2D eigenvalue weighted by atomic mass is 32.2. The van der Waals surface area contributed by atoms with Gasteiger partial charge in [-0.1, -0.05) is 0 Å². The van der Waals surface area contributed by atoms with Crippen molar-refractivity contribution in [2.45, 2.75) is 11.0 Å². The maximum Gasteiger partial charge on any atom is 0.355 e. The number of ether oxygens (including phenoxy) is 1. The fourth-order valence-corrected chi connectivity index (χ4v) is 4.57. The maximum atomic E-state index is 13.0. The van der Waals surface area contributed by atoms with E-state index in [-0.39, 0.29) is 22.4 Å². The van der Waals surface area contributed by atoms with Crippen molar-refractivity contribution in [1.29, 1.82) is 0 Å². The summed E-state index contributed by atoms with van der Waals surface area (Å²) >= 11 is 0. The van der Waals surface area contributed by atoms with Crippen LogP contribution in [0.15, 0.2) is 73.3 Å². The first-order chi connectivity index (χ1) is 14.6. The number of hydrogen-bond donors (Lipinski definition) is 0. The Labute approximate surface area is 171 Å². The van der Waals surface area contributed by atoms with Gasteiger partial charge in [0.2, 0.25) is 9.84 Å². The lowest BCUT2D eigenvalue weighted by molar-refractivity contribution is -0.419. The summed E-state index contributed by atoms with van der Waals surface area (Å²) in [6, 6.07) is 4.10. The first-order valence-electron chi connectivity index (χ1n) is 8.52. The van der Waals surface area contributed by atoms with E-state index in [4.69, 9.17) is 9.15 Å². The summed E-state index contributed by atoms with van der Waals surface area (Å²) in [5.74, 6) is -2.19. The third-order valence-corrected chi connectivity index (χ3v) is 6.42. The Kier molecular flexibility index (Phi) is 4.54. The number of benzene rings is 1. The Morgan fingerprint density at radius 1 is 1.00 bits per heavy atom. The minimum atomic E-state index is -4.77. The minimum absolute atomic E-state index is 0.0499. The molecule has 2 aliphatic rings. The van der Waals surface area contributed by atoms with Gasteiger partial charge >= 0.3 is 11.6 Å². The lowest BCUT2D eigenvalue weighted by Crippen LogP contribution is -2.34. The molecule has 0 saturated carbocycles. The largest absolute Gasteiger partial charge is 0.453 e. The molecule has 12 nitrogen and oxygen atoms in total. The lowest BCUT2D eigenvalue weighted by Gasteiger charge is -2.27. The van der Waals surface area contributed by atoms with Crippen molar-refractivity contribution in [3.05, 3.63) is 89.8 Å². The molecule has 0 N–H and O–H groups in total. The summed E-state index contributed by atoms with van der Waals surface area (Å²) in [4.78, 5) is 43.3. The number of fused-ring (bicyclic) bond motifs is 2. The number of nitro groups is 2. The zero-order valence-corrected chi connectivity index (χ0v) is 16.0. The van der Waals surface area contributed by atoms with Gasteiger partial charge in [0, 0.05) is 35.6 Å². The number of non-ortho nitro benzene ring substituents is 1. The average molecular weight is 446 g/mol. The topological polar surface area (TPSA) is 177 Å². The van der Waals surface area contributed by atoms with E-state index in [1.807, 2.05) is 0 Å². The first-order valence-corrected chi connectivity index (χ1v) is 10.0. The third-order valence-electron chi connectivity index (χ3n) is 4.67. The Morgan fingerprint density at radius 3 is 2.42 bits per heavy atom. The molecule has 0 amide bonds. The highest BCUT2D eigenvalue weighted by molar-refractivity contribution is 7.96. The summed E-state index contributed by atoms with van der Waals surface area (Å²) in [6.07, 6.45) is 3.54. The summed E-state index contributed by atoms with van der Waals surface area (Å²) in [6.45, 7) is 0. The van der Waals surface area contributed by atoms with E-state index < -0.39 is 53.1 Å². The third kappa shape index (κ3) is 3.40. The lowest BCUT2D eigenvalue weighted by atomic mass is 9.94. The van der Waals surface area contributed by atoms with Crippen LogP contribution in [0.4, 0.5) is 5.69 Å². The number of rotatable bonds is 4. The van der Waals surface area contributed by atoms with Crippen molar-refractivity contribution in [3.8, 4) is 0 Å². The number of carbonyl (C=O) groups excluding carboxylic acids is 1. The van der Waals surface area contributed by atoms with E-state index in [2.05, 4.69) is 0 Å². The number of nitro benzene ring substituents is 1. The van der Waals surface area contributed by atoms with Crippen LogP contribution >= 0.6 is 0 Å². The van der Waals surface area contributed by atoms with E-state index >= 15 is 0 Å². The van der Waals surface area contributed by atoms with Gasteiger partial charge in [0.1, 0.15) is 11.7 Å². The van der Waals surface area contributed by atoms with Gasteiger partial charge in [-0.3, -0.25) is 20.2 Å². The summed E-state index contributed by atoms with van der Waals surface area (Å²) in [5, 5.41) is 21.9. The van der Waals surface area contributed by atoms with Crippen molar-refractivity contribution in [3.63, 3.8) is 0 Å². The molecule has 0 bridgehead atoms. The molecule has 1 aromatic carbocycles. The average Bonchev–Trinajstić information content (AvgIpc) is 2.71. The molecule has 2 heterocycles. The molecule has 0 saturated heterocycles. The zero-order chi connectivity index (χ0) is 22.5. The van der Waals surface area contributed by atoms with E-state index in [0.29, 0.717) is 0 Å². The second-order valence-corrected chi connectivity index (χ2v) is 8.45. The molecule has 4 rings (SSSR count). The number of nitrogens with zero attached hydrogens (tertiary/aromatic N) is 2.